The van der Waals surface area contributed by atoms with E-state index in [4.69, 9.17) is 0 Å². The Hall–Kier alpha value is -1.67. The Kier molecular flexibility index (Phi) is 5.36. The first-order valence-corrected chi connectivity index (χ1v) is 9.14. The smallest absolute Gasteiger partial charge is 0.257 e. The highest BCUT2D eigenvalue weighted by atomic mass is 32.2. The van der Waals surface area contributed by atoms with Crippen molar-refractivity contribution in [2.24, 2.45) is 0 Å². The van der Waals surface area contributed by atoms with Crippen LogP contribution in [0.1, 0.15) is 23.2 Å². The largest absolute Gasteiger partial charge is 0.368 e. The van der Waals surface area contributed by atoms with Gasteiger partial charge in [0.2, 0.25) is 10.0 Å². The van der Waals surface area contributed by atoms with Gasteiger partial charge in [0.05, 0.1) is 11.8 Å². The van der Waals surface area contributed by atoms with Crippen molar-refractivity contribution in [1.82, 2.24) is 14.2 Å². The van der Waals surface area contributed by atoms with Gasteiger partial charge in [-0.3, -0.25) is 4.79 Å². The van der Waals surface area contributed by atoms with Crippen molar-refractivity contribution in [2.75, 3.05) is 44.8 Å². The predicted molar refractivity (Wildman–Crippen MR) is 85.3 cm³/mol. The molecule has 2 heterocycles. The van der Waals surface area contributed by atoms with Crippen LogP contribution in [-0.4, -0.2) is 68.0 Å². The van der Waals surface area contributed by atoms with E-state index in [1.54, 1.807) is 18.3 Å². The Bertz CT molecular complexity index is 627. The van der Waals surface area contributed by atoms with E-state index in [0.29, 0.717) is 24.5 Å². The summed E-state index contributed by atoms with van der Waals surface area (Å²) in [4.78, 5) is 18.5. The van der Waals surface area contributed by atoms with E-state index in [1.807, 2.05) is 4.90 Å². The number of carbonyl (C=O) groups is 1. The van der Waals surface area contributed by atoms with Crippen molar-refractivity contribution in [2.45, 2.75) is 12.8 Å². The molecule has 0 saturated carbocycles. The quantitative estimate of drug-likeness (QED) is 0.829. The Morgan fingerprint density at radius 1 is 1.41 bits per heavy atom. The summed E-state index contributed by atoms with van der Waals surface area (Å²) in [5, 5.41) is 3.06. The van der Waals surface area contributed by atoms with Crippen LogP contribution in [0.25, 0.3) is 0 Å². The van der Waals surface area contributed by atoms with Crippen LogP contribution >= 0.6 is 0 Å². The zero-order chi connectivity index (χ0) is 16.2. The number of nitrogens with zero attached hydrogens (tertiary/aromatic N) is 3. The van der Waals surface area contributed by atoms with Gasteiger partial charge in [0, 0.05) is 39.4 Å². The molecule has 22 heavy (non-hydrogen) atoms. The molecular formula is C14H22N4O3S. The maximum Gasteiger partial charge on any atom is 0.257 e. The normalized spacial score (nSPS) is 15.3. The summed E-state index contributed by atoms with van der Waals surface area (Å²) in [6.07, 6.45) is 4.85. The fourth-order valence-electron chi connectivity index (χ4n) is 2.31. The van der Waals surface area contributed by atoms with Gasteiger partial charge in [-0.2, -0.15) is 0 Å². The number of aromatic nitrogens is 1. The van der Waals surface area contributed by atoms with E-state index in [1.165, 1.54) is 11.4 Å². The van der Waals surface area contributed by atoms with Crippen molar-refractivity contribution in [3.05, 3.63) is 23.9 Å². The van der Waals surface area contributed by atoms with Crippen LogP contribution in [0.2, 0.25) is 0 Å². The molecule has 1 saturated heterocycles. The molecule has 0 bridgehead atoms. The Morgan fingerprint density at radius 2 is 2.09 bits per heavy atom. The summed E-state index contributed by atoms with van der Waals surface area (Å²) in [5.74, 6) is 0.478. The molecule has 1 aromatic heterocycles. The molecule has 1 amide bonds. The van der Waals surface area contributed by atoms with Gasteiger partial charge in [0.15, 0.2) is 0 Å². The van der Waals surface area contributed by atoms with Gasteiger partial charge in [-0.05, 0) is 25.0 Å². The fourth-order valence-corrected chi connectivity index (χ4v) is 2.73. The molecule has 122 valence electrons. The van der Waals surface area contributed by atoms with Crippen LogP contribution in [0.3, 0.4) is 0 Å². The zero-order valence-corrected chi connectivity index (χ0v) is 13.8. The Morgan fingerprint density at radius 3 is 2.73 bits per heavy atom. The number of pyridine rings is 1. The van der Waals surface area contributed by atoms with Gasteiger partial charge in [-0.1, -0.05) is 0 Å². The van der Waals surface area contributed by atoms with Crippen LogP contribution in [0.15, 0.2) is 18.3 Å². The molecule has 0 atom stereocenters. The van der Waals surface area contributed by atoms with E-state index in [2.05, 4.69) is 10.3 Å². The Labute approximate surface area is 131 Å². The Balaban J connectivity index is 2.01. The predicted octanol–water partition coefficient (Wildman–Crippen LogP) is 0.621. The topological polar surface area (TPSA) is 82.6 Å². The molecule has 2 rings (SSSR count). The van der Waals surface area contributed by atoms with E-state index in [0.717, 1.165) is 32.2 Å². The van der Waals surface area contributed by atoms with Gasteiger partial charge in [0.25, 0.3) is 5.91 Å². The highest BCUT2D eigenvalue weighted by Gasteiger charge is 2.22. The van der Waals surface area contributed by atoms with Gasteiger partial charge in [-0.15, -0.1) is 0 Å². The molecule has 1 fully saturated rings. The number of likely N-dealkylation sites (tertiary alicyclic amines) is 1. The number of hydrogen-bond donors (Lipinski definition) is 1. The first-order chi connectivity index (χ1) is 10.4. The molecule has 1 aromatic rings. The lowest BCUT2D eigenvalue weighted by molar-refractivity contribution is 0.0793. The molecular weight excluding hydrogens is 304 g/mol. The highest BCUT2D eigenvalue weighted by Crippen LogP contribution is 2.17. The number of hydrogen-bond acceptors (Lipinski definition) is 5. The minimum atomic E-state index is -3.20. The first kappa shape index (κ1) is 16.7. The maximum absolute atomic E-state index is 12.5. The van der Waals surface area contributed by atoms with Crippen molar-refractivity contribution >= 4 is 21.7 Å². The number of anilines is 1. The fraction of sp³-hybridized carbons (Fsp3) is 0.571. The third-order valence-electron chi connectivity index (χ3n) is 3.72. The minimum absolute atomic E-state index is 0.0235. The van der Waals surface area contributed by atoms with Gasteiger partial charge in [-0.25, -0.2) is 17.7 Å². The SMILES string of the molecule is CN(CCNc1ncccc1C(=O)N1CCCC1)S(C)(=O)=O. The van der Waals surface area contributed by atoms with E-state index in [-0.39, 0.29) is 5.91 Å². The molecule has 1 aliphatic heterocycles. The van der Waals surface area contributed by atoms with Crippen molar-refractivity contribution in [3.8, 4) is 0 Å². The molecule has 0 unspecified atom stereocenters. The molecule has 1 N–H and O–H groups in total. The first-order valence-electron chi connectivity index (χ1n) is 7.29. The molecule has 0 aromatic carbocycles. The lowest BCUT2D eigenvalue weighted by Crippen LogP contribution is -2.31. The summed E-state index contributed by atoms with van der Waals surface area (Å²) in [5.41, 5.74) is 0.534. The van der Waals surface area contributed by atoms with Gasteiger partial charge in [0.1, 0.15) is 5.82 Å². The highest BCUT2D eigenvalue weighted by molar-refractivity contribution is 7.88. The summed E-state index contributed by atoms with van der Waals surface area (Å²) in [6.45, 7) is 2.27. The lowest BCUT2D eigenvalue weighted by Gasteiger charge is -2.18. The van der Waals surface area contributed by atoms with E-state index < -0.39 is 10.0 Å². The number of amides is 1. The average Bonchev–Trinajstić information content (AvgIpc) is 3.00. The lowest BCUT2D eigenvalue weighted by atomic mass is 10.2. The summed E-state index contributed by atoms with van der Waals surface area (Å²) < 4.78 is 23.9. The third kappa shape index (κ3) is 4.17. The van der Waals surface area contributed by atoms with Crippen LogP contribution in [0, 0.1) is 0 Å². The maximum atomic E-state index is 12.5. The van der Waals surface area contributed by atoms with Crippen LogP contribution < -0.4 is 5.32 Å². The van der Waals surface area contributed by atoms with E-state index >= 15 is 0 Å². The van der Waals surface area contributed by atoms with E-state index in [9.17, 15) is 13.2 Å². The average molecular weight is 326 g/mol. The van der Waals surface area contributed by atoms with Crippen LogP contribution in [0.4, 0.5) is 5.82 Å². The van der Waals surface area contributed by atoms with Crippen molar-refractivity contribution in [1.29, 1.82) is 0 Å². The summed E-state index contributed by atoms with van der Waals surface area (Å²) in [6, 6.07) is 3.48. The third-order valence-corrected chi connectivity index (χ3v) is 5.03. The second-order valence-electron chi connectivity index (χ2n) is 5.41. The monoisotopic (exact) mass is 326 g/mol. The van der Waals surface area contributed by atoms with Crippen molar-refractivity contribution in [3.63, 3.8) is 0 Å². The standard InChI is InChI=1S/C14H22N4O3S/c1-17(22(2,20)21)11-8-16-13-12(6-5-7-15-13)14(19)18-9-3-4-10-18/h5-7H,3-4,8-11H2,1-2H3,(H,15,16). The number of rotatable bonds is 6. The van der Waals surface area contributed by atoms with Gasteiger partial charge < -0.3 is 10.2 Å². The number of sulfonamides is 1. The van der Waals surface area contributed by atoms with Gasteiger partial charge >= 0.3 is 0 Å². The van der Waals surface area contributed by atoms with Crippen LogP contribution in [0.5, 0.6) is 0 Å². The number of likely N-dealkylation sites (N-methyl/N-ethyl adjacent to an activating group) is 1. The molecule has 8 heteroatoms. The molecule has 0 radical (unpaired) electrons. The molecule has 0 aliphatic carbocycles. The molecule has 7 nitrogen and oxygen atoms in total. The number of nitrogens with one attached hydrogen (secondary N) is 1. The molecule has 1 aliphatic rings. The summed E-state index contributed by atoms with van der Waals surface area (Å²) >= 11 is 0. The number of carbonyl (C=O) groups excluding carboxylic acids is 1. The van der Waals surface area contributed by atoms with Crippen LogP contribution in [-0.2, 0) is 10.0 Å². The second-order valence-corrected chi connectivity index (χ2v) is 7.50. The second kappa shape index (κ2) is 7.06. The summed E-state index contributed by atoms with van der Waals surface area (Å²) in [7, 11) is -1.68. The van der Waals surface area contributed by atoms with Crippen molar-refractivity contribution < 1.29 is 13.2 Å². The zero-order valence-electron chi connectivity index (χ0n) is 12.9. The minimum Gasteiger partial charge on any atom is -0.368 e. The molecule has 0 spiro atoms.